The molecule has 6 nitrogen and oxygen atoms in total. The maximum atomic E-state index is 12.9. The quantitative estimate of drug-likeness (QED) is 0.661. The maximum Gasteiger partial charge on any atom is 0.257 e. The van der Waals surface area contributed by atoms with E-state index < -0.39 is 15.9 Å². The summed E-state index contributed by atoms with van der Waals surface area (Å²) < 4.78 is 31.7. The summed E-state index contributed by atoms with van der Waals surface area (Å²) in [4.78, 5) is 12.9. The van der Waals surface area contributed by atoms with Crippen molar-refractivity contribution in [3.05, 3.63) is 52.0 Å². The van der Waals surface area contributed by atoms with Crippen molar-refractivity contribution in [3.63, 3.8) is 0 Å². The fraction of sp³-hybridized carbons (Fsp3) is 0.381. The predicted molar refractivity (Wildman–Crippen MR) is 119 cm³/mol. The molecule has 9 heteroatoms. The van der Waals surface area contributed by atoms with Gasteiger partial charge in [0.25, 0.3) is 5.91 Å². The van der Waals surface area contributed by atoms with E-state index in [2.05, 4.69) is 5.32 Å². The van der Waals surface area contributed by atoms with Crippen molar-refractivity contribution in [2.24, 2.45) is 0 Å². The highest BCUT2D eigenvalue weighted by molar-refractivity contribution is 7.93. The van der Waals surface area contributed by atoms with Crippen LogP contribution in [0.4, 0.5) is 11.4 Å². The van der Waals surface area contributed by atoms with E-state index in [1.54, 1.807) is 24.3 Å². The highest BCUT2D eigenvalue weighted by Crippen LogP contribution is 2.31. The van der Waals surface area contributed by atoms with E-state index in [-0.39, 0.29) is 22.4 Å². The number of nitrogens with zero attached hydrogens (tertiary/aromatic N) is 1. The molecule has 2 aromatic carbocycles. The lowest BCUT2D eigenvalue weighted by atomic mass is 10.1. The van der Waals surface area contributed by atoms with Gasteiger partial charge in [0.05, 0.1) is 28.1 Å². The van der Waals surface area contributed by atoms with Crippen LogP contribution in [0.5, 0.6) is 5.75 Å². The minimum absolute atomic E-state index is 0.101. The summed E-state index contributed by atoms with van der Waals surface area (Å²) in [5.74, 6) is 0.254. The number of anilines is 2. The van der Waals surface area contributed by atoms with Gasteiger partial charge in [0.15, 0.2) is 0 Å². The smallest absolute Gasteiger partial charge is 0.257 e. The van der Waals surface area contributed by atoms with Crippen LogP contribution < -0.4 is 14.4 Å². The topological polar surface area (TPSA) is 75.7 Å². The molecule has 0 bridgehead atoms. The number of carbonyl (C=O) groups excluding carboxylic acids is 1. The molecule has 30 heavy (non-hydrogen) atoms. The Bertz CT molecular complexity index is 1070. The predicted octanol–water partition coefficient (Wildman–Crippen LogP) is 5.11. The molecular formula is C21H22Cl2N2O4S. The Morgan fingerprint density at radius 1 is 1.07 bits per heavy atom. The molecule has 160 valence electrons. The molecule has 2 aliphatic rings. The first-order valence-corrected chi connectivity index (χ1v) is 12.3. The molecule has 1 saturated carbocycles. The van der Waals surface area contributed by atoms with Gasteiger partial charge in [0.2, 0.25) is 10.0 Å². The van der Waals surface area contributed by atoms with E-state index in [0.717, 1.165) is 25.7 Å². The first-order valence-electron chi connectivity index (χ1n) is 9.90. The molecule has 0 aromatic heterocycles. The van der Waals surface area contributed by atoms with Gasteiger partial charge < -0.3 is 10.1 Å². The lowest BCUT2D eigenvalue weighted by Crippen LogP contribution is -2.25. The Labute approximate surface area is 186 Å². The van der Waals surface area contributed by atoms with Crippen molar-refractivity contribution in [1.82, 2.24) is 0 Å². The number of sulfonamides is 1. The number of nitrogens with one attached hydrogen (secondary N) is 1. The van der Waals surface area contributed by atoms with Gasteiger partial charge in [-0.3, -0.25) is 9.10 Å². The number of rotatable bonds is 5. The summed E-state index contributed by atoms with van der Waals surface area (Å²) in [6.45, 7) is 0.390. The zero-order valence-corrected chi connectivity index (χ0v) is 18.6. The second-order valence-electron chi connectivity index (χ2n) is 7.56. The maximum absolute atomic E-state index is 12.9. The first-order chi connectivity index (χ1) is 14.3. The average molecular weight is 469 g/mol. The van der Waals surface area contributed by atoms with E-state index in [9.17, 15) is 13.2 Å². The molecule has 2 fully saturated rings. The van der Waals surface area contributed by atoms with Crippen molar-refractivity contribution < 1.29 is 17.9 Å². The van der Waals surface area contributed by atoms with Crippen LogP contribution in [0.3, 0.4) is 0 Å². The highest BCUT2D eigenvalue weighted by Gasteiger charge is 2.29. The molecule has 2 aromatic rings. The Kier molecular flexibility index (Phi) is 6.14. The molecule has 0 radical (unpaired) electrons. The Morgan fingerprint density at radius 3 is 2.53 bits per heavy atom. The van der Waals surface area contributed by atoms with Gasteiger partial charge in [-0.25, -0.2) is 8.42 Å². The minimum atomic E-state index is -3.35. The van der Waals surface area contributed by atoms with Gasteiger partial charge in [-0.15, -0.1) is 0 Å². The average Bonchev–Trinajstić information content (AvgIpc) is 3.30. The van der Waals surface area contributed by atoms with Crippen LogP contribution in [0, 0.1) is 0 Å². The van der Waals surface area contributed by atoms with Crippen molar-refractivity contribution in [3.8, 4) is 5.75 Å². The second-order valence-corrected chi connectivity index (χ2v) is 10.4. The van der Waals surface area contributed by atoms with Crippen molar-refractivity contribution in [1.29, 1.82) is 0 Å². The summed E-state index contributed by atoms with van der Waals surface area (Å²) in [7, 11) is -3.35. The van der Waals surface area contributed by atoms with Crippen LogP contribution in [-0.2, 0) is 10.0 Å². The Hall–Kier alpha value is -1.96. The van der Waals surface area contributed by atoms with Crippen LogP contribution in [0.2, 0.25) is 10.0 Å². The summed E-state index contributed by atoms with van der Waals surface area (Å²) in [6.07, 6.45) is 5.04. The van der Waals surface area contributed by atoms with Gasteiger partial charge in [0.1, 0.15) is 5.75 Å². The van der Waals surface area contributed by atoms with Crippen LogP contribution in [-0.4, -0.2) is 32.7 Å². The summed E-state index contributed by atoms with van der Waals surface area (Å²) in [5.41, 5.74) is 1.10. The monoisotopic (exact) mass is 468 g/mol. The molecule has 0 atom stereocenters. The number of benzene rings is 2. The van der Waals surface area contributed by atoms with E-state index in [0.29, 0.717) is 35.1 Å². The minimum Gasteiger partial charge on any atom is -0.490 e. The van der Waals surface area contributed by atoms with Crippen molar-refractivity contribution >= 4 is 50.5 Å². The number of hydrogen-bond donors (Lipinski definition) is 1. The lowest BCUT2D eigenvalue weighted by Gasteiger charge is -2.18. The van der Waals surface area contributed by atoms with Gasteiger partial charge in [-0.05, 0) is 62.4 Å². The molecule has 1 aliphatic carbocycles. The van der Waals surface area contributed by atoms with E-state index >= 15 is 0 Å². The molecular weight excluding hydrogens is 447 g/mol. The van der Waals surface area contributed by atoms with Gasteiger partial charge in [-0.1, -0.05) is 23.2 Å². The van der Waals surface area contributed by atoms with Crippen LogP contribution in [0.25, 0.3) is 0 Å². The molecule has 1 aliphatic heterocycles. The highest BCUT2D eigenvalue weighted by atomic mass is 35.5. The van der Waals surface area contributed by atoms with Crippen LogP contribution >= 0.6 is 23.2 Å². The molecule has 1 N–H and O–H groups in total. The largest absolute Gasteiger partial charge is 0.490 e. The number of carbonyl (C=O) groups is 1. The summed E-state index contributed by atoms with van der Waals surface area (Å²) in [5, 5.41) is 3.47. The van der Waals surface area contributed by atoms with E-state index in [1.165, 1.54) is 16.4 Å². The van der Waals surface area contributed by atoms with E-state index in [4.69, 9.17) is 27.9 Å². The number of hydrogen-bond acceptors (Lipinski definition) is 4. The van der Waals surface area contributed by atoms with Gasteiger partial charge >= 0.3 is 0 Å². The number of halogens is 2. The zero-order valence-electron chi connectivity index (χ0n) is 16.2. The normalized spacial score (nSPS) is 18.5. The van der Waals surface area contributed by atoms with Crippen molar-refractivity contribution in [2.75, 3.05) is 21.9 Å². The molecule has 4 rings (SSSR count). The SMILES string of the molecule is O=C(Nc1cc(Cl)cc(OC2CCCC2)c1)c1cc(N2CCCS2(=O)=O)ccc1Cl. The third-order valence-corrected chi connectivity index (χ3v) is 7.73. The third kappa shape index (κ3) is 4.68. The first kappa shape index (κ1) is 21.3. The fourth-order valence-electron chi connectivity index (χ4n) is 3.87. The standard InChI is InChI=1S/C21H22Cl2N2O4S/c22-14-10-15(12-18(11-14)29-17-4-1-2-5-17)24-21(26)19-13-16(6-7-20(19)23)25-8-3-9-30(25,27)28/h6-7,10-13,17H,1-5,8-9H2,(H,24,26). The second kappa shape index (κ2) is 8.65. The lowest BCUT2D eigenvalue weighted by molar-refractivity contribution is 0.102. The molecule has 1 saturated heterocycles. The number of amides is 1. The van der Waals surface area contributed by atoms with Gasteiger partial charge in [0, 0.05) is 23.3 Å². The van der Waals surface area contributed by atoms with Gasteiger partial charge in [-0.2, -0.15) is 0 Å². The molecule has 1 heterocycles. The molecule has 0 unspecified atom stereocenters. The molecule has 0 spiro atoms. The Balaban J connectivity index is 1.55. The van der Waals surface area contributed by atoms with Crippen LogP contribution in [0.15, 0.2) is 36.4 Å². The van der Waals surface area contributed by atoms with Crippen molar-refractivity contribution in [2.45, 2.75) is 38.2 Å². The fourth-order valence-corrected chi connectivity index (χ4v) is 5.86. The Morgan fingerprint density at radius 2 is 1.83 bits per heavy atom. The summed E-state index contributed by atoms with van der Waals surface area (Å²) in [6, 6.07) is 9.72. The summed E-state index contributed by atoms with van der Waals surface area (Å²) >= 11 is 12.4. The molecule has 1 amide bonds. The van der Waals surface area contributed by atoms with Crippen LogP contribution in [0.1, 0.15) is 42.5 Å². The van der Waals surface area contributed by atoms with E-state index in [1.807, 2.05) is 0 Å². The number of ether oxygens (including phenoxy) is 1. The zero-order chi connectivity index (χ0) is 21.3. The third-order valence-electron chi connectivity index (χ3n) is 5.32.